The summed E-state index contributed by atoms with van der Waals surface area (Å²) in [7, 11) is 1.66. The van der Waals surface area contributed by atoms with Gasteiger partial charge in [0.15, 0.2) is 17.5 Å². The van der Waals surface area contributed by atoms with E-state index in [2.05, 4.69) is 10.3 Å². The van der Waals surface area contributed by atoms with Crippen molar-refractivity contribution < 1.29 is 47.9 Å². The molecule has 0 radical (unpaired) electrons. The van der Waals surface area contributed by atoms with Crippen molar-refractivity contribution in [2.45, 2.75) is 66.3 Å². The maximum Gasteiger partial charge on any atom is 0.238 e. The van der Waals surface area contributed by atoms with E-state index in [9.17, 15) is 38.4 Å². The lowest BCUT2D eigenvalue weighted by atomic mass is 9.89. The van der Waals surface area contributed by atoms with Gasteiger partial charge in [-0.3, -0.25) is 4.79 Å². The van der Waals surface area contributed by atoms with E-state index in [4.69, 9.17) is 9.47 Å². The Morgan fingerprint density at radius 2 is 1.85 bits per heavy atom. The van der Waals surface area contributed by atoms with Gasteiger partial charge in [0, 0.05) is 45.2 Å². The molecule has 1 unspecified atom stereocenters. The highest BCUT2D eigenvalue weighted by atomic mass is 32.2. The third kappa shape index (κ3) is 6.26. The number of aliphatic hydroxyl groups is 4. The third-order valence-electron chi connectivity index (χ3n) is 7.89. The Labute approximate surface area is 238 Å². The van der Waals surface area contributed by atoms with Crippen molar-refractivity contribution in [1.29, 1.82) is 0 Å². The number of hydrogen-bond donors (Lipinski definition) is 4. The molecule has 3 heterocycles. The normalized spacial score (nSPS) is 28.8. The number of hydrogen-bond acceptors (Lipinski definition) is 10. The van der Waals surface area contributed by atoms with Crippen LogP contribution in [-0.4, -0.2) is 114 Å². The van der Waals surface area contributed by atoms with Crippen molar-refractivity contribution >= 4 is 17.7 Å². The Kier molecular flexibility index (Phi) is 8.95. The fourth-order valence-electron chi connectivity index (χ4n) is 5.26. The second-order valence-corrected chi connectivity index (χ2v) is 12.1. The van der Waals surface area contributed by atoms with Gasteiger partial charge in [0.1, 0.15) is 40.7 Å². The minimum atomic E-state index is -1.64. The number of nitrogens with zero attached hydrogens (tertiary/aromatic N) is 4. The van der Waals surface area contributed by atoms with Gasteiger partial charge in [-0.15, -0.1) is 16.9 Å². The van der Waals surface area contributed by atoms with Gasteiger partial charge in [0.05, 0.1) is 18.4 Å². The summed E-state index contributed by atoms with van der Waals surface area (Å²) >= 11 is 0.898. The largest absolute Gasteiger partial charge is 0.394 e. The summed E-state index contributed by atoms with van der Waals surface area (Å²) in [6, 6.07) is 0.211. The second-order valence-electron chi connectivity index (χ2n) is 10.9. The molecule has 1 saturated carbocycles. The monoisotopic (exact) mass is 602 g/mol. The lowest BCUT2D eigenvalue weighted by molar-refractivity contribution is -0.179. The molecule has 5 rings (SSSR count). The SMILES string of the molecule is CN(CC1CC1)C(=O)C(S[C@@H]1O[C@H](CO)[C@H](O)[C@H](n2cc(-c3cc(F)c(F)c(F)c3)nn2)[C@H]1O)C1(O)CCOCC1. The van der Waals surface area contributed by atoms with Gasteiger partial charge in [-0.2, -0.15) is 0 Å². The van der Waals surface area contributed by atoms with Gasteiger partial charge in [-0.1, -0.05) is 5.21 Å². The first-order valence-electron chi connectivity index (χ1n) is 13.4. The van der Waals surface area contributed by atoms with E-state index in [0.717, 1.165) is 41.4 Å². The van der Waals surface area contributed by atoms with E-state index in [0.29, 0.717) is 12.5 Å². The number of benzene rings is 1. The summed E-state index contributed by atoms with van der Waals surface area (Å²) in [5.41, 5.74) is -2.86. The summed E-state index contributed by atoms with van der Waals surface area (Å²) in [4.78, 5) is 15.2. The minimum absolute atomic E-state index is 0.0651. The van der Waals surface area contributed by atoms with Crippen LogP contribution in [0.4, 0.5) is 13.2 Å². The van der Waals surface area contributed by atoms with Crippen molar-refractivity contribution in [3.05, 3.63) is 35.8 Å². The first-order valence-corrected chi connectivity index (χ1v) is 14.4. The highest BCUT2D eigenvalue weighted by molar-refractivity contribution is 8.01. The molecular weight excluding hydrogens is 569 g/mol. The van der Waals surface area contributed by atoms with Gasteiger partial charge in [-0.25, -0.2) is 17.9 Å². The van der Waals surface area contributed by atoms with Crippen LogP contribution in [0.2, 0.25) is 0 Å². The first kappa shape index (κ1) is 30.2. The van der Waals surface area contributed by atoms with Crippen LogP contribution in [0.3, 0.4) is 0 Å². The highest BCUT2D eigenvalue weighted by Gasteiger charge is 2.52. The fraction of sp³-hybridized carbons (Fsp3) is 0.654. The van der Waals surface area contributed by atoms with Crippen LogP contribution in [0.25, 0.3) is 11.3 Å². The molecule has 2 saturated heterocycles. The summed E-state index contributed by atoms with van der Waals surface area (Å²) in [5, 5.41) is 50.6. The van der Waals surface area contributed by atoms with E-state index >= 15 is 0 Å². The number of ether oxygens (including phenoxy) is 2. The van der Waals surface area contributed by atoms with Crippen LogP contribution < -0.4 is 0 Å². The van der Waals surface area contributed by atoms with Crippen LogP contribution in [-0.2, 0) is 14.3 Å². The Bertz CT molecular complexity index is 1220. The molecule has 4 N–H and O–H groups in total. The van der Waals surface area contributed by atoms with Crippen LogP contribution in [0.15, 0.2) is 18.3 Å². The van der Waals surface area contributed by atoms with Crippen molar-refractivity contribution in [3.63, 3.8) is 0 Å². The number of carbonyl (C=O) groups is 1. The zero-order chi connectivity index (χ0) is 29.5. The van der Waals surface area contributed by atoms with Crippen LogP contribution in [0.1, 0.15) is 31.7 Å². The van der Waals surface area contributed by atoms with Gasteiger partial charge in [-0.05, 0) is 30.9 Å². The molecule has 3 aliphatic rings. The molecular formula is C26H33F3N4O7S. The summed E-state index contributed by atoms with van der Waals surface area (Å²) in [6.07, 6.45) is -0.615. The molecule has 41 heavy (non-hydrogen) atoms. The molecule has 1 amide bonds. The number of carbonyl (C=O) groups excluding carboxylic acids is 1. The van der Waals surface area contributed by atoms with Crippen molar-refractivity contribution in [1.82, 2.24) is 19.9 Å². The second kappa shape index (κ2) is 12.1. The third-order valence-corrected chi connectivity index (χ3v) is 9.46. The van der Waals surface area contributed by atoms with E-state index in [-0.39, 0.29) is 43.2 Å². The van der Waals surface area contributed by atoms with Crippen molar-refractivity contribution in [2.75, 3.05) is 33.4 Å². The van der Waals surface area contributed by atoms with Gasteiger partial charge in [0.2, 0.25) is 5.91 Å². The summed E-state index contributed by atoms with van der Waals surface area (Å²) < 4.78 is 53.4. The zero-order valence-corrected chi connectivity index (χ0v) is 23.1. The number of rotatable bonds is 9. The molecule has 11 nitrogen and oxygen atoms in total. The lowest BCUT2D eigenvalue weighted by Crippen LogP contribution is -2.58. The average Bonchev–Trinajstić information content (AvgIpc) is 3.63. The van der Waals surface area contributed by atoms with E-state index in [1.165, 1.54) is 6.20 Å². The number of amides is 1. The molecule has 226 valence electrons. The van der Waals surface area contributed by atoms with Crippen LogP contribution in [0, 0.1) is 23.4 Å². The van der Waals surface area contributed by atoms with E-state index < -0.39 is 64.7 Å². The van der Waals surface area contributed by atoms with E-state index in [1.54, 1.807) is 11.9 Å². The van der Waals surface area contributed by atoms with Crippen molar-refractivity contribution in [2.24, 2.45) is 5.92 Å². The van der Waals surface area contributed by atoms with Gasteiger partial charge < -0.3 is 34.8 Å². The van der Waals surface area contributed by atoms with E-state index in [1.807, 2.05) is 0 Å². The molecule has 1 aromatic heterocycles. The standard InChI is InChI=1S/C26H33F3N4O7S/c1-32(10-13-2-3-13)24(37)23(26(38)4-6-39-7-5-26)41-25-22(36)20(21(35)18(12-34)40-25)33-11-17(30-31-33)14-8-15(27)19(29)16(28)9-14/h8-9,11,13,18,20-23,25,34-36,38H,2-7,10,12H2,1H3/t18-,20+,21+,22-,23?,25+/m1/s1. The molecule has 2 aliphatic heterocycles. The Morgan fingerprint density at radius 1 is 1.20 bits per heavy atom. The predicted molar refractivity (Wildman–Crippen MR) is 139 cm³/mol. The van der Waals surface area contributed by atoms with Gasteiger partial charge >= 0.3 is 0 Å². The molecule has 0 spiro atoms. The minimum Gasteiger partial charge on any atom is -0.394 e. The molecule has 1 aliphatic carbocycles. The van der Waals surface area contributed by atoms with Gasteiger partial charge in [0.25, 0.3) is 0 Å². The lowest BCUT2D eigenvalue weighted by Gasteiger charge is -2.45. The molecule has 0 bridgehead atoms. The molecule has 3 fully saturated rings. The fourth-order valence-corrected chi connectivity index (χ4v) is 6.85. The quantitative estimate of drug-likeness (QED) is 0.304. The smallest absolute Gasteiger partial charge is 0.238 e. The Morgan fingerprint density at radius 3 is 2.46 bits per heavy atom. The maximum absolute atomic E-state index is 13.8. The first-order chi connectivity index (χ1) is 19.5. The van der Waals surface area contributed by atoms with Crippen LogP contribution in [0.5, 0.6) is 0 Å². The highest BCUT2D eigenvalue weighted by Crippen LogP contribution is 2.42. The number of aliphatic hydroxyl groups excluding tert-OH is 3. The average molecular weight is 603 g/mol. The maximum atomic E-state index is 13.8. The zero-order valence-electron chi connectivity index (χ0n) is 22.3. The summed E-state index contributed by atoms with van der Waals surface area (Å²) in [5.74, 6) is -4.43. The number of thioether (sulfide) groups is 1. The van der Waals surface area contributed by atoms with Crippen molar-refractivity contribution in [3.8, 4) is 11.3 Å². The molecule has 6 atom stereocenters. The topological polar surface area (TPSA) is 150 Å². The number of aromatic nitrogens is 3. The number of halogens is 3. The molecule has 1 aromatic carbocycles. The summed E-state index contributed by atoms with van der Waals surface area (Å²) in [6.45, 7) is 0.376. The van der Waals surface area contributed by atoms with Crippen LogP contribution >= 0.6 is 11.8 Å². The Balaban J connectivity index is 1.42. The Hall–Kier alpha value is -2.27. The predicted octanol–water partition coefficient (Wildman–Crippen LogP) is 0.854. The molecule has 2 aromatic rings. The molecule has 15 heteroatoms.